The van der Waals surface area contributed by atoms with E-state index in [9.17, 15) is 0 Å². The third-order valence-corrected chi connectivity index (χ3v) is 6.55. The molecule has 0 radical (unpaired) electrons. The van der Waals surface area contributed by atoms with Gasteiger partial charge < -0.3 is 0 Å². The van der Waals surface area contributed by atoms with Crippen molar-refractivity contribution in [3.8, 4) is 0 Å². The van der Waals surface area contributed by atoms with E-state index in [2.05, 4.69) is 51.0 Å². The normalized spacial score (nSPS) is 11.2. The maximum atomic E-state index is 2.42. The zero-order chi connectivity index (χ0) is 14.5. The van der Waals surface area contributed by atoms with E-state index in [1.807, 2.05) is 0 Å². The molecular weight excluding hydrogens is 309 g/mol. The molecule has 0 aliphatic carbocycles. The Balaban J connectivity index is 2.41. The summed E-state index contributed by atoms with van der Waals surface area (Å²) in [6, 6.07) is 7.07. The molecule has 0 bridgehead atoms. The van der Waals surface area contributed by atoms with Gasteiger partial charge in [0.2, 0.25) is 0 Å². The van der Waals surface area contributed by atoms with Gasteiger partial charge in [-0.3, -0.25) is 0 Å². The molecule has 1 heterocycles. The molecule has 0 N–H and O–H groups in total. The number of rotatable bonds is 7. The van der Waals surface area contributed by atoms with Crippen LogP contribution in [0.1, 0.15) is 49.5 Å². The second kappa shape index (κ2) is 7.33. The predicted octanol–water partition coefficient (Wildman–Crippen LogP) is 4.65. The van der Waals surface area contributed by atoms with Crippen LogP contribution in [0.2, 0.25) is 0 Å². The molecule has 20 heavy (non-hydrogen) atoms. The van der Waals surface area contributed by atoms with Crippen LogP contribution < -0.4 is 4.90 Å². The number of unbranched alkanes of at least 4 members (excludes halogenated alkanes) is 2. The Morgan fingerprint density at radius 2 is 1.70 bits per heavy atom. The number of hydrogen-bond acceptors (Lipinski definition) is 1. The SMILES string of the molecule is CCCCc1[se]c2cc(N(C)C)ccc2c1CCCC. The first-order valence-electron chi connectivity index (χ1n) is 7.89. The van der Waals surface area contributed by atoms with E-state index >= 15 is 0 Å². The summed E-state index contributed by atoms with van der Waals surface area (Å²) in [4.78, 5) is 2.21. The fourth-order valence-corrected chi connectivity index (χ4v) is 5.42. The summed E-state index contributed by atoms with van der Waals surface area (Å²) < 4.78 is 3.39. The van der Waals surface area contributed by atoms with Crippen molar-refractivity contribution in [3.63, 3.8) is 0 Å². The summed E-state index contributed by atoms with van der Waals surface area (Å²) in [7, 11) is 4.26. The molecule has 0 aliphatic heterocycles. The van der Waals surface area contributed by atoms with Gasteiger partial charge in [-0.05, 0) is 0 Å². The minimum atomic E-state index is 0.569. The molecule has 1 aromatic carbocycles. The van der Waals surface area contributed by atoms with Crippen molar-refractivity contribution < 1.29 is 0 Å². The van der Waals surface area contributed by atoms with Gasteiger partial charge in [0.15, 0.2) is 0 Å². The third-order valence-electron chi connectivity index (χ3n) is 3.91. The Kier molecular flexibility index (Phi) is 5.74. The second-order valence-corrected chi connectivity index (χ2v) is 8.17. The van der Waals surface area contributed by atoms with E-state index in [1.165, 1.54) is 44.2 Å². The van der Waals surface area contributed by atoms with Crippen molar-refractivity contribution in [1.82, 2.24) is 0 Å². The van der Waals surface area contributed by atoms with Gasteiger partial charge in [-0.2, -0.15) is 0 Å². The molecule has 110 valence electrons. The molecule has 0 unspecified atom stereocenters. The molecule has 0 saturated heterocycles. The fourth-order valence-electron chi connectivity index (χ4n) is 2.63. The molecule has 0 aliphatic rings. The first-order chi connectivity index (χ1) is 9.67. The number of nitrogens with zero attached hydrogens (tertiary/aromatic N) is 1. The summed E-state index contributed by atoms with van der Waals surface area (Å²) in [5.74, 6) is 0. The molecule has 1 nitrogen and oxygen atoms in total. The van der Waals surface area contributed by atoms with Crippen LogP contribution >= 0.6 is 0 Å². The number of aryl methyl sites for hydroxylation is 2. The average molecular weight is 336 g/mol. The Labute approximate surface area is 129 Å². The topological polar surface area (TPSA) is 3.24 Å². The second-order valence-electron chi connectivity index (χ2n) is 5.79. The van der Waals surface area contributed by atoms with Gasteiger partial charge in [0, 0.05) is 0 Å². The minimum absolute atomic E-state index is 0.569. The van der Waals surface area contributed by atoms with E-state index in [4.69, 9.17) is 0 Å². The van der Waals surface area contributed by atoms with Crippen LogP contribution in [-0.2, 0) is 12.8 Å². The zero-order valence-corrected chi connectivity index (χ0v) is 15.0. The van der Waals surface area contributed by atoms with Crippen molar-refractivity contribution in [2.75, 3.05) is 19.0 Å². The summed E-state index contributed by atoms with van der Waals surface area (Å²) >= 11 is 0.569. The van der Waals surface area contributed by atoms with Crippen molar-refractivity contribution in [2.45, 2.75) is 52.4 Å². The number of hydrogen-bond donors (Lipinski definition) is 0. The number of fused-ring (bicyclic) bond motifs is 1. The van der Waals surface area contributed by atoms with E-state index < -0.39 is 0 Å². The van der Waals surface area contributed by atoms with Gasteiger partial charge in [-0.15, -0.1) is 0 Å². The maximum absolute atomic E-state index is 2.42. The fraction of sp³-hybridized carbons (Fsp3) is 0.556. The van der Waals surface area contributed by atoms with Crippen molar-refractivity contribution in [3.05, 3.63) is 28.2 Å². The Morgan fingerprint density at radius 1 is 1.00 bits per heavy atom. The van der Waals surface area contributed by atoms with Gasteiger partial charge in [0.1, 0.15) is 0 Å². The number of anilines is 1. The van der Waals surface area contributed by atoms with Gasteiger partial charge in [-0.25, -0.2) is 0 Å². The van der Waals surface area contributed by atoms with Crippen LogP contribution in [0.3, 0.4) is 0 Å². The standard InChI is InChI=1S/C18H27NSe/c1-5-7-9-15-16-12-11-14(19(3)4)13-18(16)20-17(15)10-8-6-2/h11-13H,5-10H2,1-4H3. The summed E-state index contributed by atoms with van der Waals surface area (Å²) in [5, 5.41) is 1.56. The van der Waals surface area contributed by atoms with E-state index in [0.717, 1.165) is 0 Å². The van der Waals surface area contributed by atoms with Crippen molar-refractivity contribution in [1.29, 1.82) is 0 Å². The Hall–Kier alpha value is -0.721. The molecule has 0 fully saturated rings. The van der Waals surface area contributed by atoms with Crippen LogP contribution in [0, 0.1) is 0 Å². The molecule has 2 rings (SSSR count). The Morgan fingerprint density at radius 3 is 2.35 bits per heavy atom. The molecule has 2 aromatic rings. The summed E-state index contributed by atoms with van der Waals surface area (Å²) in [6.45, 7) is 4.59. The monoisotopic (exact) mass is 337 g/mol. The first kappa shape index (κ1) is 15.7. The van der Waals surface area contributed by atoms with Gasteiger partial charge >= 0.3 is 129 Å². The van der Waals surface area contributed by atoms with E-state index in [0.29, 0.717) is 14.5 Å². The predicted molar refractivity (Wildman–Crippen MR) is 92.4 cm³/mol. The van der Waals surface area contributed by atoms with Crippen LogP contribution in [0.4, 0.5) is 5.69 Å². The molecule has 2 heteroatoms. The van der Waals surface area contributed by atoms with Crippen LogP contribution in [-0.4, -0.2) is 28.6 Å². The molecule has 1 aromatic heterocycles. The molecular formula is C18H27NSe. The van der Waals surface area contributed by atoms with Crippen molar-refractivity contribution in [2.24, 2.45) is 0 Å². The van der Waals surface area contributed by atoms with Crippen LogP contribution in [0.25, 0.3) is 9.65 Å². The third kappa shape index (κ3) is 3.48. The quantitative estimate of drug-likeness (QED) is 0.665. The van der Waals surface area contributed by atoms with Crippen LogP contribution in [0.15, 0.2) is 18.2 Å². The zero-order valence-electron chi connectivity index (χ0n) is 13.3. The summed E-state index contributed by atoms with van der Waals surface area (Å²) in [5.41, 5.74) is 3.04. The van der Waals surface area contributed by atoms with Gasteiger partial charge in [0.05, 0.1) is 0 Å². The molecule has 0 amide bonds. The molecule has 0 atom stereocenters. The molecule has 0 saturated carbocycles. The Bertz CT molecular complexity index is 554. The summed E-state index contributed by atoms with van der Waals surface area (Å²) in [6.07, 6.45) is 7.88. The van der Waals surface area contributed by atoms with Gasteiger partial charge in [-0.1, -0.05) is 0 Å². The first-order valence-corrected chi connectivity index (χ1v) is 9.60. The van der Waals surface area contributed by atoms with Crippen LogP contribution in [0.5, 0.6) is 0 Å². The van der Waals surface area contributed by atoms with Gasteiger partial charge in [0.25, 0.3) is 0 Å². The van der Waals surface area contributed by atoms with E-state index in [1.54, 1.807) is 19.6 Å². The molecule has 0 spiro atoms. The van der Waals surface area contributed by atoms with E-state index in [-0.39, 0.29) is 0 Å². The number of benzene rings is 1. The van der Waals surface area contributed by atoms with Crippen molar-refractivity contribution >= 4 is 29.8 Å². The average Bonchev–Trinajstić information content (AvgIpc) is 2.79.